The van der Waals surface area contributed by atoms with Crippen LogP contribution in [0.5, 0.6) is 5.75 Å². The summed E-state index contributed by atoms with van der Waals surface area (Å²) in [6.07, 6.45) is 35.4. The van der Waals surface area contributed by atoms with Crippen LogP contribution >= 0.6 is 76.3 Å². The minimum absolute atomic E-state index is 0. The van der Waals surface area contributed by atoms with Crippen molar-refractivity contribution in [3.8, 4) is 29.9 Å². The van der Waals surface area contributed by atoms with Crippen LogP contribution in [0.15, 0.2) is 162 Å². The Morgan fingerprint density at radius 2 is 0.992 bits per heavy atom. The molecule has 123 heavy (non-hydrogen) atoms. The number of terminal acetylenes is 1. The van der Waals surface area contributed by atoms with E-state index in [0.29, 0.717) is 46.1 Å². The number of nitrogen functional groups attached to an aromatic ring is 1. The van der Waals surface area contributed by atoms with Crippen molar-refractivity contribution < 1.29 is 126 Å². The summed E-state index contributed by atoms with van der Waals surface area (Å²) in [6, 6.07) is 36.1. The Morgan fingerprint density at radius 3 is 1.41 bits per heavy atom. The third kappa shape index (κ3) is 47.6. The first kappa shape index (κ1) is 117. The summed E-state index contributed by atoms with van der Waals surface area (Å²) < 4.78 is 65.6. The number of carbonyl (C=O) groups excluding carboxylic acids is 4. The number of halogens is 8. The number of anilines is 1. The smallest absolute Gasteiger partial charge is 1.00 e. The van der Waals surface area contributed by atoms with Gasteiger partial charge in [-0.1, -0.05) is 172 Å². The van der Waals surface area contributed by atoms with Crippen molar-refractivity contribution in [1.29, 1.82) is 0 Å². The van der Waals surface area contributed by atoms with Crippen LogP contribution in [-0.2, 0) is 68.3 Å². The number of nitrogens with zero attached hydrogens (tertiary/aromatic N) is 5. The molecular weight excluding hydrogens is 1850 g/mol. The van der Waals surface area contributed by atoms with Crippen molar-refractivity contribution in [1.82, 2.24) is 24.4 Å². The maximum atomic E-state index is 13.0. The topological polar surface area (TPSA) is 348 Å². The van der Waals surface area contributed by atoms with Crippen molar-refractivity contribution in [3.63, 3.8) is 0 Å². The average Bonchev–Trinajstić information content (AvgIpc) is 1.34. The van der Waals surface area contributed by atoms with E-state index in [-0.39, 0.29) is 113 Å². The molecule has 22 nitrogen and oxygen atoms in total. The Balaban J connectivity index is 0. The van der Waals surface area contributed by atoms with Gasteiger partial charge >= 0.3 is 59.1 Å². The Hall–Kier alpha value is -5.97. The number of hydrogen-bond donors (Lipinski definition) is 5. The zero-order valence-corrected chi connectivity index (χ0v) is 83.0. The van der Waals surface area contributed by atoms with Crippen molar-refractivity contribution in [3.05, 3.63) is 203 Å². The van der Waals surface area contributed by atoms with Crippen LogP contribution in [0, 0.1) is 65.4 Å². The van der Waals surface area contributed by atoms with Gasteiger partial charge in [0.15, 0.2) is 5.75 Å². The molecule has 3 atom stereocenters. The zero-order valence-electron chi connectivity index (χ0n) is 72.1. The molecule has 0 bridgehead atoms. The number of ether oxygens (including phenoxy) is 1. The fourth-order valence-electron chi connectivity index (χ4n) is 14.1. The predicted octanol–water partition coefficient (Wildman–Crippen LogP) is 14.0. The average molecular weight is 1970 g/mol. The Bertz CT molecular complexity index is 4830. The van der Waals surface area contributed by atoms with Crippen molar-refractivity contribution >= 4 is 152 Å². The van der Waals surface area contributed by atoms with Crippen LogP contribution in [0.25, 0.3) is 21.8 Å². The van der Waals surface area contributed by atoms with E-state index in [1.54, 1.807) is 60.7 Å². The molecule has 13 rings (SSSR count). The fourth-order valence-corrected chi connectivity index (χ4v) is 15.6. The zero-order chi connectivity index (χ0) is 88.8. The number of carbonyl (C=O) groups is 4. The fraction of sp³-hybridized carbons (Fsp3) is 0.449. The van der Waals surface area contributed by atoms with Gasteiger partial charge in [0, 0.05) is 109 Å². The summed E-state index contributed by atoms with van der Waals surface area (Å²) >= 11 is 6.67. The van der Waals surface area contributed by atoms with Gasteiger partial charge in [0.2, 0.25) is 15.1 Å². The van der Waals surface area contributed by atoms with Crippen LogP contribution in [0.2, 0.25) is 0 Å². The van der Waals surface area contributed by atoms with E-state index in [9.17, 15) is 41.2 Å². The second-order valence-electron chi connectivity index (χ2n) is 28.8. The van der Waals surface area contributed by atoms with Crippen LogP contribution in [0.3, 0.4) is 0 Å². The van der Waals surface area contributed by atoms with Crippen LogP contribution in [0.4, 0.5) is 14.5 Å². The SMILES string of the molecule is C#Cc1ccc(F)cc1.CCCC1CCC(=NO)CC1.CCCC1CCC(=O)CC1.CCCC1CCNC(=O)CC1.CCCC1CCc2nc3cc(Br)ccc3c(=O)n2CC1.CCCC1CCc2nc3cc(C#Cc4ccc(F)cc4)ccc3c(=O)n2CC1.Cl.NO.Nc1cc(Br)ccc1OC=O.O=CO[O-].O=S(=O)(Cl)c1ccccc1.O=S(Cl)Cl.[H-].[Na+].[Na+]. The summed E-state index contributed by atoms with van der Waals surface area (Å²) in [5.74, 6) is 18.4. The molecule has 2 aliphatic carbocycles. The molecule has 6 aromatic carbocycles. The van der Waals surface area contributed by atoms with Gasteiger partial charge in [-0.15, -0.1) is 18.8 Å². The largest absolute Gasteiger partial charge is 1.00 e. The van der Waals surface area contributed by atoms with Crippen LogP contribution in [0.1, 0.15) is 225 Å². The number of ketones is 1. The van der Waals surface area contributed by atoms with Gasteiger partial charge in [0.1, 0.15) is 29.1 Å². The Labute approximate surface area is 807 Å². The first-order chi connectivity index (χ1) is 57.6. The number of amides is 1. The quantitative estimate of drug-likeness (QED) is 0.00986. The van der Waals surface area contributed by atoms with Gasteiger partial charge in [0.05, 0.1) is 38.1 Å². The molecule has 3 aliphatic heterocycles. The van der Waals surface area contributed by atoms with E-state index in [0.717, 1.165) is 182 Å². The number of aryl methyl sites for hydroxylation is 2. The van der Waals surface area contributed by atoms with Crippen molar-refractivity contribution in [2.75, 3.05) is 12.3 Å². The summed E-state index contributed by atoms with van der Waals surface area (Å²) in [6.45, 7) is 13.7. The van der Waals surface area contributed by atoms with Crippen molar-refractivity contribution in [2.45, 2.75) is 226 Å². The number of hydrogen-bond acceptors (Lipinski definition) is 19. The van der Waals surface area contributed by atoms with Gasteiger partial charge in [0.25, 0.3) is 33.1 Å². The molecule has 664 valence electrons. The maximum absolute atomic E-state index is 13.0. The van der Waals surface area contributed by atoms with Gasteiger partial charge in [-0.2, -0.15) is 0 Å². The predicted molar refractivity (Wildman–Crippen MR) is 488 cm³/mol. The standard InChI is InChI=1S/C24H23FN2O.C16H19BrN2O.2C9H17NO.C9H16O.C8H5F.C7H6BrNO2.C6H5ClO2S.CH2O3.Cl2OS.ClH.H3NO.2Na.H/c1-2-3-17-9-13-23-26-22-16-19(5-4-18-6-10-20(25)11-7-18)8-12-21(22)24(28)27(23)15-14-17;1-2-3-11-4-7-15-18-14-10-12(17)5-6-13(14)16(20)19(15)9-8-11;1-2-3-8-4-6-9(10-11)7-5-8;1-2-3-8-4-5-9(11)10-7-6-8;1-2-3-8-4-6-9(10)7-5-8;1-2-7-3-5-8(9)6-4-7;8-5-1-2-7(11-4-10)6(9)3-5;7-10(8,9)6-4-2-1-3-5-6;2-1-4-3;1-4(2)3;;1-2;;;/h6-8,10-12,16-17H,2-3,9,13-15H2,1H3;5-6,10-11H,2-4,7-9H2,1H3;8,11H,2-7H2,1H3;8H,2-7H2,1H3,(H,10,11);8H,2-7H2,1H3;1,3-6H;1-4H,9H2;1-5H;1,3H;;1H;2H,1H2;;;/q;;;;;;;;;;;;2*+1;-1/p-1. The van der Waals surface area contributed by atoms with Gasteiger partial charge < -0.3 is 37.8 Å². The number of nitrogens with one attached hydrogen (secondary N) is 1. The van der Waals surface area contributed by atoms with E-state index in [2.05, 4.69) is 132 Å². The molecule has 0 radical (unpaired) electrons. The van der Waals surface area contributed by atoms with E-state index in [1.165, 1.54) is 120 Å². The molecule has 2 saturated carbocycles. The normalized spacial score (nSPS) is 15.9. The second-order valence-corrected chi connectivity index (χ2v) is 35.7. The first-order valence-electron chi connectivity index (χ1n) is 40.2. The molecule has 5 aliphatic rings. The summed E-state index contributed by atoms with van der Waals surface area (Å²) in [7, 11) is 8.86. The summed E-state index contributed by atoms with van der Waals surface area (Å²) in [4.78, 5) is 78.1. The van der Waals surface area contributed by atoms with Gasteiger partial charge in [-0.25, -0.2) is 37.3 Å². The maximum Gasteiger partial charge on any atom is 1.00 e. The third-order valence-electron chi connectivity index (χ3n) is 20.1. The Kier molecular flexibility index (Phi) is 64.9. The van der Waals surface area contributed by atoms with E-state index in [1.807, 2.05) is 45.5 Å². The van der Waals surface area contributed by atoms with Crippen LogP contribution < -0.4 is 97.2 Å². The van der Waals surface area contributed by atoms with E-state index >= 15 is 0 Å². The molecule has 8 aromatic rings. The number of nitrogens with two attached hydrogens (primary N) is 2. The van der Waals surface area contributed by atoms with Crippen LogP contribution in [-0.4, -0.2) is 79.0 Å². The van der Waals surface area contributed by atoms with Gasteiger partial charge in [-0.05, 0) is 222 Å². The van der Waals surface area contributed by atoms with Gasteiger partial charge in [-0.3, -0.25) is 37.9 Å². The molecule has 7 N–H and O–H groups in total. The minimum atomic E-state index is -3.53. The molecule has 5 heterocycles. The monoisotopic (exact) mass is 1960 g/mol. The molecule has 1 saturated heterocycles. The summed E-state index contributed by atoms with van der Waals surface area (Å²) in [5.41, 5.74) is 10.9. The molecule has 3 unspecified atom stereocenters. The number of Topliss-reactive ketones (excluding diaryl/α,β-unsaturated/α-hetero) is 1. The molecule has 34 heteroatoms. The number of benzene rings is 6. The molecule has 1 amide bonds. The molecule has 0 spiro atoms. The first-order valence-corrected chi connectivity index (χ1v) is 46.9. The molecule has 2 aromatic heterocycles. The number of aromatic nitrogens is 4. The van der Waals surface area contributed by atoms with Crippen molar-refractivity contribution in [2.24, 2.45) is 40.6 Å². The number of rotatable bonds is 14. The minimum Gasteiger partial charge on any atom is -1.00 e. The molecule has 3 fully saturated rings. The van der Waals surface area contributed by atoms with E-state index < -0.39 is 18.3 Å². The molecular formula is C89H114Br2Cl4F2N8Na2O14S2. The third-order valence-corrected chi connectivity index (χ3v) is 22.5. The summed E-state index contributed by atoms with van der Waals surface area (Å²) in [5, 5.41) is 30.9. The number of fused-ring (bicyclic) bond motifs is 4. The Morgan fingerprint density at radius 1 is 0.602 bits per heavy atom. The number of oxime groups is 1. The second kappa shape index (κ2) is 68.2. The van der Waals surface area contributed by atoms with E-state index in [4.69, 9.17) is 57.5 Å².